The number of aromatic nitrogens is 2. The molecular weight excluding hydrogens is 302 g/mol. The quantitative estimate of drug-likeness (QED) is 0.763. The van der Waals surface area contributed by atoms with Crippen LogP contribution in [-0.4, -0.2) is 46.4 Å². The summed E-state index contributed by atoms with van der Waals surface area (Å²) in [6.07, 6.45) is 2.56. The molecule has 0 unspecified atom stereocenters. The van der Waals surface area contributed by atoms with Gasteiger partial charge in [0, 0.05) is 31.7 Å². The van der Waals surface area contributed by atoms with Gasteiger partial charge in [-0.25, -0.2) is 0 Å². The van der Waals surface area contributed by atoms with E-state index in [9.17, 15) is 0 Å². The number of rotatable bonds is 9. The minimum atomic E-state index is 0.241. The third-order valence-electron chi connectivity index (χ3n) is 3.70. The normalized spacial score (nSPS) is 12.0. The van der Waals surface area contributed by atoms with Crippen molar-refractivity contribution in [2.45, 2.75) is 40.0 Å². The van der Waals surface area contributed by atoms with E-state index >= 15 is 0 Å². The first kappa shape index (κ1) is 18.6. The van der Waals surface area contributed by atoms with Crippen LogP contribution in [-0.2, 0) is 6.42 Å². The van der Waals surface area contributed by atoms with Gasteiger partial charge in [0.15, 0.2) is 0 Å². The highest BCUT2D eigenvalue weighted by atomic mass is 16.5. The van der Waals surface area contributed by atoms with E-state index in [1.807, 2.05) is 30.3 Å². The summed E-state index contributed by atoms with van der Waals surface area (Å²) in [6, 6.07) is 9.87. The molecule has 5 heteroatoms. The van der Waals surface area contributed by atoms with Crippen LogP contribution in [0.2, 0.25) is 0 Å². The van der Waals surface area contributed by atoms with Crippen molar-refractivity contribution in [2.24, 2.45) is 5.41 Å². The lowest BCUT2D eigenvalue weighted by Gasteiger charge is -2.29. The summed E-state index contributed by atoms with van der Waals surface area (Å²) >= 11 is 0. The molecule has 0 saturated heterocycles. The van der Waals surface area contributed by atoms with E-state index in [1.54, 1.807) is 0 Å². The number of aliphatic hydroxyl groups excluding tert-OH is 1. The van der Waals surface area contributed by atoms with Crippen molar-refractivity contribution in [1.29, 1.82) is 0 Å². The summed E-state index contributed by atoms with van der Waals surface area (Å²) in [5, 5.41) is 13.1. The molecular formula is C19H29N3O2. The molecule has 1 aromatic heterocycles. The zero-order valence-corrected chi connectivity index (χ0v) is 15.0. The van der Waals surface area contributed by atoms with Crippen LogP contribution >= 0.6 is 0 Å². The number of hydrogen-bond donors (Lipinski definition) is 1. The highest BCUT2D eigenvalue weighted by molar-refractivity contribution is 5.53. The maximum atomic E-state index is 9.07. The van der Waals surface area contributed by atoms with E-state index in [0.717, 1.165) is 44.5 Å². The second-order valence-electron chi connectivity index (χ2n) is 7.40. The smallest absolute Gasteiger partial charge is 0.227 e. The largest absolute Gasteiger partial charge is 0.396 e. The molecule has 0 spiro atoms. The van der Waals surface area contributed by atoms with Crippen molar-refractivity contribution in [3.05, 3.63) is 36.2 Å². The van der Waals surface area contributed by atoms with Crippen molar-refractivity contribution >= 4 is 0 Å². The number of aliphatic hydroxyl groups is 1. The van der Waals surface area contributed by atoms with Crippen LogP contribution in [0.1, 0.15) is 39.5 Å². The van der Waals surface area contributed by atoms with Gasteiger partial charge in [-0.05, 0) is 24.8 Å². The number of hydrogen-bond acceptors (Lipinski definition) is 5. The fourth-order valence-electron chi connectivity index (χ4n) is 2.75. The molecule has 0 aliphatic heterocycles. The predicted molar refractivity (Wildman–Crippen MR) is 95.7 cm³/mol. The topological polar surface area (TPSA) is 62.4 Å². The van der Waals surface area contributed by atoms with Gasteiger partial charge < -0.3 is 14.5 Å². The Hall–Kier alpha value is -1.72. The molecule has 24 heavy (non-hydrogen) atoms. The second kappa shape index (κ2) is 8.94. The van der Waals surface area contributed by atoms with Crippen LogP contribution < -0.4 is 0 Å². The molecule has 1 heterocycles. The van der Waals surface area contributed by atoms with Gasteiger partial charge in [0.1, 0.15) is 0 Å². The summed E-state index contributed by atoms with van der Waals surface area (Å²) in [7, 11) is 0. The molecule has 0 atom stereocenters. The summed E-state index contributed by atoms with van der Waals surface area (Å²) in [6.45, 7) is 9.87. The number of nitrogens with zero attached hydrogens (tertiary/aromatic N) is 3. The summed E-state index contributed by atoms with van der Waals surface area (Å²) in [4.78, 5) is 6.89. The Bertz CT molecular complexity index is 590. The number of benzene rings is 1. The van der Waals surface area contributed by atoms with Crippen molar-refractivity contribution in [2.75, 3.05) is 26.2 Å². The maximum Gasteiger partial charge on any atom is 0.227 e. The van der Waals surface area contributed by atoms with E-state index in [-0.39, 0.29) is 12.0 Å². The Kier molecular flexibility index (Phi) is 6.94. The van der Waals surface area contributed by atoms with Gasteiger partial charge in [0.05, 0.1) is 0 Å². The van der Waals surface area contributed by atoms with Crippen molar-refractivity contribution in [1.82, 2.24) is 15.0 Å². The molecule has 0 radical (unpaired) electrons. The van der Waals surface area contributed by atoms with Crippen LogP contribution in [0.3, 0.4) is 0 Å². The van der Waals surface area contributed by atoms with Crippen molar-refractivity contribution in [3.8, 4) is 11.4 Å². The molecule has 132 valence electrons. The van der Waals surface area contributed by atoms with E-state index in [0.29, 0.717) is 11.7 Å². The zero-order chi connectivity index (χ0) is 17.4. The lowest BCUT2D eigenvalue weighted by atomic mass is 9.96. The average Bonchev–Trinajstić information content (AvgIpc) is 3.01. The highest BCUT2D eigenvalue weighted by Gasteiger charge is 2.16. The molecule has 0 amide bonds. The second-order valence-corrected chi connectivity index (χ2v) is 7.40. The van der Waals surface area contributed by atoms with Crippen LogP contribution in [0.15, 0.2) is 34.9 Å². The van der Waals surface area contributed by atoms with E-state index in [4.69, 9.17) is 9.63 Å². The molecule has 0 saturated carbocycles. The molecule has 0 fully saturated rings. The highest BCUT2D eigenvalue weighted by Crippen LogP contribution is 2.17. The fraction of sp³-hybridized carbons (Fsp3) is 0.579. The predicted octanol–water partition coefficient (Wildman–Crippen LogP) is 3.40. The summed E-state index contributed by atoms with van der Waals surface area (Å²) in [5.41, 5.74) is 1.23. The van der Waals surface area contributed by atoms with Gasteiger partial charge in [-0.2, -0.15) is 4.98 Å². The molecule has 0 aliphatic rings. The monoisotopic (exact) mass is 331 g/mol. The Morgan fingerprint density at radius 3 is 2.46 bits per heavy atom. The van der Waals surface area contributed by atoms with Gasteiger partial charge >= 0.3 is 0 Å². The Morgan fingerprint density at radius 2 is 1.79 bits per heavy atom. The molecule has 1 aromatic carbocycles. The van der Waals surface area contributed by atoms with Crippen LogP contribution in [0.25, 0.3) is 11.4 Å². The van der Waals surface area contributed by atoms with E-state index < -0.39 is 0 Å². The lowest BCUT2D eigenvalue weighted by molar-refractivity contribution is 0.170. The fourth-order valence-corrected chi connectivity index (χ4v) is 2.75. The van der Waals surface area contributed by atoms with E-state index in [2.05, 4.69) is 35.8 Å². The molecule has 2 aromatic rings. The van der Waals surface area contributed by atoms with Crippen LogP contribution in [0.4, 0.5) is 0 Å². The molecule has 1 N–H and O–H groups in total. The lowest BCUT2D eigenvalue weighted by Crippen LogP contribution is -2.34. The first-order valence-electron chi connectivity index (χ1n) is 8.69. The Morgan fingerprint density at radius 1 is 1.08 bits per heavy atom. The third-order valence-corrected chi connectivity index (χ3v) is 3.70. The molecule has 2 rings (SSSR count). The standard InChI is InChI=1S/C19H29N3O2/c1-19(2,3)15-22(13-8-14-23)12-7-11-17-20-18(21-24-17)16-9-5-4-6-10-16/h4-6,9-10,23H,7-8,11-15H2,1-3H3. The van der Waals surface area contributed by atoms with Crippen LogP contribution in [0.5, 0.6) is 0 Å². The first-order chi connectivity index (χ1) is 11.5. The SMILES string of the molecule is CC(C)(C)CN(CCCO)CCCc1nc(-c2ccccc2)no1. The minimum absolute atomic E-state index is 0.241. The Labute approximate surface area is 144 Å². The molecule has 0 aliphatic carbocycles. The molecule has 5 nitrogen and oxygen atoms in total. The Balaban J connectivity index is 1.84. The van der Waals surface area contributed by atoms with Crippen LogP contribution in [0, 0.1) is 5.41 Å². The van der Waals surface area contributed by atoms with Gasteiger partial charge in [-0.1, -0.05) is 56.3 Å². The minimum Gasteiger partial charge on any atom is -0.396 e. The van der Waals surface area contributed by atoms with Gasteiger partial charge in [-0.15, -0.1) is 0 Å². The summed E-state index contributed by atoms with van der Waals surface area (Å²) < 4.78 is 5.36. The van der Waals surface area contributed by atoms with Gasteiger partial charge in [-0.3, -0.25) is 0 Å². The first-order valence-corrected chi connectivity index (χ1v) is 8.69. The van der Waals surface area contributed by atoms with Gasteiger partial charge in [0.25, 0.3) is 0 Å². The average molecular weight is 331 g/mol. The summed E-state index contributed by atoms with van der Waals surface area (Å²) in [5.74, 6) is 1.34. The maximum absolute atomic E-state index is 9.07. The van der Waals surface area contributed by atoms with Gasteiger partial charge in [0.2, 0.25) is 11.7 Å². The zero-order valence-electron chi connectivity index (χ0n) is 15.0. The van der Waals surface area contributed by atoms with E-state index in [1.165, 1.54) is 0 Å². The van der Waals surface area contributed by atoms with Crippen molar-refractivity contribution in [3.63, 3.8) is 0 Å². The third kappa shape index (κ3) is 6.42. The molecule has 0 bridgehead atoms. The van der Waals surface area contributed by atoms with Crippen molar-refractivity contribution < 1.29 is 9.63 Å². The number of aryl methyl sites for hydroxylation is 1.